The number of hydrogen-bond acceptors (Lipinski definition) is 3. The van der Waals surface area contributed by atoms with Crippen LogP contribution in [0.2, 0.25) is 0 Å². The molecule has 0 radical (unpaired) electrons. The summed E-state index contributed by atoms with van der Waals surface area (Å²) >= 11 is 0. The molecule has 0 aromatic carbocycles. The van der Waals surface area contributed by atoms with Crippen molar-refractivity contribution < 1.29 is 0 Å². The van der Waals surface area contributed by atoms with Gasteiger partial charge in [0.15, 0.2) is 0 Å². The molecule has 16 heavy (non-hydrogen) atoms. The molecule has 2 rings (SSSR count). The Kier molecular flexibility index (Phi) is 3.15. The second kappa shape index (κ2) is 4.75. The van der Waals surface area contributed by atoms with Crippen molar-refractivity contribution in [3.63, 3.8) is 0 Å². The van der Waals surface area contributed by atoms with E-state index in [0.29, 0.717) is 0 Å². The molecule has 2 aromatic heterocycles. The Bertz CT molecular complexity index is 454. The van der Waals surface area contributed by atoms with Gasteiger partial charge in [-0.05, 0) is 43.2 Å². The molecular formula is C13H15N3. The van der Waals surface area contributed by atoms with E-state index < -0.39 is 0 Å². The zero-order valence-electron chi connectivity index (χ0n) is 9.51. The van der Waals surface area contributed by atoms with Crippen molar-refractivity contribution >= 4 is 5.82 Å². The van der Waals surface area contributed by atoms with E-state index in [4.69, 9.17) is 0 Å². The van der Waals surface area contributed by atoms with Crippen LogP contribution in [-0.2, 0) is 0 Å². The molecule has 0 aliphatic carbocycles. The van der Waals surface area contributed by atoms with Crippen molar-refractivity contribution in [2.24, 2.45) is 0 Å². The van der Waals surface area contributed by atoms with Gasteiger partial charge in [0.25, 0.3) is 0 Å². The fourth-order valence-electron chi connectivity index (χ4n) is 1.55. The van der Waals surface area contributed by atoms with Crippen LogP contribution in [0, 0.1) is 6.92 Å². The van der Waals surface area contributed by atoms with Crippen LogP contribution >= 0.6 is 0 Å². The van der Waals surface area contributed by atoms with E-state index >= 15 is 0 Å². The third-order valence-electron chi connectivity index (χ3n) is 2.46. The van der Waals surface area contributed by atoms with Crippen molar-refractivity contribution in [2.45, 2.75) is 19.9 Å². The van der Waals surface area contributed by atoms with Gasteiger partial charge in [-0.15, -0.1) is 0 Å². The summed E-state index contributed by atoms with van der Waals surface area (Å²) in [5, 5.41) is 3.35. The van der Waals surface area contributed by atoms with E-state index in [0.717, 1.165) is 11.4 Å². The summed E-state index contributed by atoms with van der Waals surface area (Å²) in [5.74, 6) is 0.899. The second-order valence-corrected chi connectivity index (χ2v) is 3.87. The summed E-state index contributed by atoms with van der Waals surface area (Å²) in [5.41, 5.74) is 2.36. The molecule has 0 saturated heterocycles. The first-order valence-corrected chi connectivity index (χ1v) is 5.35. The third-order valence-corrected chi connectivity index (χ3v) is 2.46. The highest BCUT2D eigenvalue weighted by molar-refractivity contribution is 5.39. The first kappa shape index (κ1) is 10.6. The number of pyridine rings is 2. The summed E-state index contributed by atoms with van der Waals surface area (Å²) in [4.78, 5) is 8.38. The minimum atomic E-state index is 0.211. The van der Waals surface area contributed by atoms with Crippen LogP contribution in [0.5, 0.6) is 0 Å². The van der Waals surface area contributed by atoms with Gasteiger partial charge in [-0.3, -0.25) is 4.98 Å². The van der Waals surface area contributed by atoms with Gasteiger partial charge in [0.1, 0.15) is 5.82 Å². The second-order valence-electron chi connectivity index (χ2n) is 3.87. The third kappa shape index (κ3) is 2.57. The Hall–Kier alpha value is -1.90. The topological polar surface area (TPSA) is 37.8 Å². The lowest BCUT2D eigenvalue weighted by Gasteiger charge is -2.14. The highest BCUT2D eigenvalue weighted by atomic mass is 15.0. The average Bonchev–Trinajstić information content (AvgIpc) is 2.30. The lowest BCUT2D eigenvalue weighted by Crippen LogP contribution is -2.08. The van der Waals surface area contributed by atoms with Crippen LogP contribution in [0.4, 0.5) is 5.82 Å². The van der Waals surface area contributed by atoms with Crippen molar-refractivity contribution in [1.82, 2.24) is 9.97 Å². The Balaban J connectivity index is 2.11. The van der Waals surface area contributed by atoms with E-state index in [1.54, 1.807) is 6.20 Å². The van der Waals surface area contributed by atoms with Crippen molar-refractivity contribution in [1.29, 1.82) is 0 Å². The maximum atomic E-state index is 4.27. The lowest BCUT2D eigenvalue weighted by atomic mass is 10.1. The molecule has 0 bridgehead atoms. The van der Waals surface area contributed by atoms with Crippen LogP contribution in [0.1, 0.15) is 24.1 Å². The van der Waals surface area contributed by atoms with Gasteiger partial charge in [-0.2, -0.15) is 0 Å². The fourth-order valence-corrected chi connectivity index (χ4v) is 1.55. The molecule has 82 valence electrons. The van der Waals surface area contributed by atoms with Crippen molar-refractivity contribution in [3.05, 3.63) is 54.0 Å². The molecule has 0 amide bonds. The maximum absolute atomic E-state index is 4.27. The lowest BCUT2D eigenvalue weighted by molar-refractivity contribution is 0.866. The smallest absolute Gasteiger partial charge is 0.126 e. The SMILES string of the molecule is Cc1ccnc(NC(C)c2cccnc2)c1. The largest absolute Gasteiger partial charge is 0.363 e. The summed E-state index contributed by atoms with van der Waals surface area (Å²) in [7, 11) is 0. The van der Waals surface area contributed by atoms with E-state index in [9.17, 15) is 0 Å². The minimum Gasteiger partial charge on any atom is -0.363 e. The molecule has 0 aliphatic heterocycles. The number of rotatable bonds is 3. The normalized spacial score (nSPS) is 12.1. The minimum absolute atomic E-state index is 0.211. The summed E-state index contributed by atoms with van der Waals surface area (Å²) < 4.78 is 0. The van der Waals surface area contributed by atoms with E-state index in [2.05, 4.69) is 35.2 Å². The predicted molar refractivity (Wildman–Crippen MR) is 65.2 cm³/mol. The number of aromatic nitrogens is 2. The molecule has 1 unspecified atom stereocenters. The van der Waals surface area contributed by atoms with Gasteiger partial charge in [0, 0.05) is 18.6 Å². The molecule has 2 heterocycles. The molecule has 1 N–H and O–H groups in total. The number of anilines is 1. The Morgan fingerprint density at radius 1 is 1.25 bits per heavy atom. The van der Waals surface area contributed by atoms with Crippen LogP contribution < -0.4 is 5.32 Å². The van der Waals surface area contributed by atoms with Gasteiger partial charge < -0.3 is 5.32 Å². The first-order valence-electron chi connectivity index (χ1n) is 5.35. The van der Waals surface area contributed by atoms with E-state index in [1.807, 2.05) is 30.6 Å². The quantitative estimate of drug-likeness (QED) is 0.851. The number of hydrogen-bond donors (Lipinski definition) is 1. The zero-order chi connectivity index (χ0) is 11.4. The molecule has 0 fully saturated rings. The van der Waals surface area contributed by atoms with Crippen LogP contribution in [0.3, 0.4) is 0 Å². The van der Waals surface area contributed by atoms with Crippen molar-refractivity contribution in [2.75, 3.05) is 5.32 Å². The highest BCUT2D eigenvalue weighted by Gasteiger charge is 2.05. The zero-order valence-corrected chi connectivity index (χ0v) is 9.51. The van der Waals surface area contributed by atoms with Crippen molar-refractivity contribution in [3.8, 4) is 0 Å². The van der Waals surface area contributed by atoms with Gasteiger partial charge >= 0.3 is 0 Å². The van der Waals surface area contributed by atoms with E-state index in [-0.39, 0.29) is 6.04 Å². The number of aryl methyl sites for hydroxylation is 1. The Morgan fingerprint density at radius 2 is 2.12 bits per heavy atom. The molecule has 3 heteroatoms. The van der Waals surface area contributed by atoms with Gasteiger partial charge in [0.05, 0.1) is 6.04 Å². The van der Waals surface area contributed by atoms with Gasteiger partial charge in [-0.1, -0.05) is 6.07 Å². The van der Waals surface area contributed by atoms with Crippen LogP contribution in [0.15, 0.2) is 42.9 Å². The molecule has 0 aliphatic rings. The monoisotopic (exact) mass is 213 g/mol. The molecule has 2 aromatic rings. The predicted octanol–water partition coefficient (Wildman–Crippen LogP) is 2.96. The van der Waals surface area contributed by atoms with Crippen LogP contribution in [0.25, 0.3) is 0 Å². The molecule has 1 atom stereocenters. The Morgan fingerprint density at radius 3 is 2.81 bits per heavy atom. The summed E-state index contributed by atoms with van der Waals surface area (Å²) in [6.45, 7) is 4.16. The van der Waals surface area contributed by atoms with E-state index in [1.165, 1.54) is 5.56 Å². The first-order chi connectivity index (χ1) is 7.75. The average molecular weight is 213 g/mol. The summed E-state index contributed by atoms with van der Waals surface area (Å²) in [6, 6.07) is 8.23. The molecule has 0 saturated carbocycles. The number of nitrogens with zero attached hydrogens (tertiary/aromatic N) is 2. The Labute approximate surface area is 95.6 Å². The fraction of sp³-hybridized carbons (Fsp3) is 0.231. The molecular weight excluding hydrogens is 198 g/mol. The summed E-state index contributed by atoms with van der Waals surface area (Å²) in [6.07, 6.45) is 5.46. The standard InChI is InChI=1S/C13H15N3/c1-10-5-7-15-13(8-10)16-11(2)12-4-3-6-14-9-12/h3-9,11H,1-2H3,(H,15,16). The molecule has 0 spiro atoms. The molecule has 3 nitrogen and oxygen atoms in total. The number of nitrogens with one attached hydrogen (secondary N) is 1. The van der Waals surface area contributed by atoms with Gasteiger partial charge in [0.2, 0.25) is 0 Å². The van der Waals surface area contributed by atoms with Crippen LogP contribution in [-0.4, -0.2) is 9.97 Å². The van der Waals surface area contributed by atoms with Gasteiger partial charge in [-0.25, -0.2) is 4.98 Å². The highest BCUT2D eigenvalue weighted by Crippen LogP contribution is 2.16. The maximum Gasteiger partial charge on any atom is 0.126 e.